The number of aryl methyl sites for hydroxylation is 1. The zero-order chi connectivity index (χ0) is 13.5. The Hall–Kier alpha value is -1.36. The monoisotopic (exact) mass is 264 g/mol. The molecule has 1 aromatic heterocycles. The molecule has 1 saturated heterocycles. The number of rotatable bonds is 6. The first-order valence-electron chi connectivity index (χ1n) is 7.33. The molecule has 2 heterocycles. The van der Waals surface area contributed by atoms with Gasteiger partial charge in [0.05, 0.1) is 11.9 Å². The van der Waals surface area contributed by atoms with Gasteiger partial charge in [-0.3, -0.25) is 4.79 Å². The zero-order valence-corrected chi connectivity index (χ0v) is 11.6. The average Bonchev–Trinajstić information content (AvgIpc) is 2.46. The molecule has 0 aliphatic carbocycles. The fourth-order valence-electron chi connectivity index (χ4n) is 2.50. The molecule has 106 valence electrons. The highest BCUT2D eigenvalue weighted by Crippen LogP contribution is 2.16. The van der Waals surface area contributed by atoms with Crippen molar-refractivity contribution in [1.82, 2.24) is 9.78 Å². The lowest BCUT2D eigenvalue weighted by Gasteiger charge is -2.28. The number of anilines is 1. The molecule has 0 aromatic carbocycles. The highest BCUT2D eigenvalue weighted by Gasteiger charge is 2.12. The summed E-state index contributed by atoms with van der Waals surface area (Å²) in [4.78, 5) is 14.3. The number of unbranched alkanes of at least 4 members (excludes halogenated alkanes) is 2. The number of piperidine rings is 1. The maximum atomic E-state index is 12.0. The van der Waals surface area contributed by atoms with Gasteiger partial charge in [0.25, 0.3) is 5.56 Å². The molecule has 1 aromatic rings. The van der Waals surface area contributed by atoms with Gasteiger partial charge in [0, 0.05) is 25.7 Å². The summed E-state index contributed by atoms with van der Waals surface area (Å²) in [6.07, 6.45) is 8.58. The molecule has 5 nitrogen and oxygen atoms in total. The molecule has 0 bridgehead atoms. The summed E-state index contributed by atoms with van der Waals surface area (Å²) in [5, 5.41) is 4.28. The zero-order valence-electron chi connectivity index (χ0n) is 11.6. The summed E-state index contributed by atoms with van der Waals surface area (Å²) in [7, 11) is 0. The summed E-state index contributed by atoms with van der Waals surface area (Å²) in [5.41, 5.74) is 6.44. The summed E-state index contributed by atoms with van der Waals surface area (Å²) < 4.78 is 1.56. The second-order valence-corrected chi connectivity index (χ2v) is 5.17. The van der Waals surface area contributed by atoms with E-state index in [1.165, 1.54) is 19.3 Å². The fourth-order valence-corrected chi connectivity index (χ4v) is 2.50. The number of hydrogen-bond acceptors (Lipinski definition) is 4. The molecular formula is C14H24N4O. The molecule has 1 fully saturated rings. The van der Waals surface area contributed by atoms with Gasteiger partial charge in [-0.25, -0.2) is 4.68 Å². The summed E-state index contributed by atoms with van der Waals surface area (Å²) in [6.45, 7) is 3.50. The second-order valence-electron chi connectivity index (χ2n) is 5.17. The smallest absolute Gasteiger partial charge is 0.268 e. The van der Waals surface area contributed by atoms with Gasteiger partial charge in [-0.15, -0.1) is 0 Å². The summed E-state index contributed by atoms with van der Waals surface area (Å²) in [5.74, 6) is 0. The van der Waals surface area contributed by atoms with E-state index in [2.05, 4.69) is 10.00 Å². The largest absolute Gasteiger partial charge is 0.370 e. The van der Waals surface area contributed by atoms with Gasteiger partial charge in [0.15, 0.2) is 0 Å². The van der Waals surface area contributed by atoms with E-state index in [1.807, 2.05) is 6.20 Å². The van der Waals surface area contributed by atoms with Crippen LogP contribution in [0.25, 0.3) is 0 Å². The van der Waals surface area contributed by atoms with E-state index < -0.39 is 0 Å². The molecule has 1 aliphatic rings. The third kappa shape index (κ3) is 4.06. The first-order valence-corrected chi connectivity index (χ1v) is 7.33. The van der Waals surface area contributed by atoms with Crippen LogP contribution >= 0.6 is 0 Å². The van der Waals surface area contributed by atoms with Gasteiger partial charge in [0.2, 0.25) is 0 Å². The van der Waals surface area contributed by atoms with Crippen LogP contribution in [0.5, 0.6) is 0 Å². The lowest BCUT2D eigenvalue weighted by atomic mass is 10.1. The molecule has 5 heteroatoms. The maximum Gasteiger partial charge on any atom is 0.268 e. The molecule has 0 spiro atoms. The Morgan fingerprint density at radius 3 is 2.63 bits per heavy atom. The number of nitrogens with zero attached hydrogens (tertiary/aromatic N) is 3. The standard InChI is InChI=1S/C14H24N4O/c15-7-3-1-6-10-18-14(19)11-13(12-16-18)17-8-4-2-5-9-17/h11-12H,1-10,15H2. The van der Waals surface area contributed by atoms with Crippen LogP contribution in [0.4, 0.5) is 5.69 Å². The molecule has 0 radical (unpaired) electrons. The predicted octanol–water partition coefficient (Wildman–Crippen LogP) is 1.36. The van der Waals surface area contributed by atoms with Crippen molar-refractivity contribution in [2.45, 2.75) is 45.1 Å². The Morgan fingerprint density at radius 2 is 1.95 bits per heavy atom. The first kappa shape index (κ1) is 14.1. The minimum absolute atomic E-state index is 0.0100. The Bertz CT molecular complexity index is 437. The molecule has 2 N–H and O–H groups in total. The SMILES string of the molecule is NCCCCCn1ncc(N2CCCCC2)cc1=O. The van der Waals surface area contributed by atoms with Gasteiger partial charge < -0.3 is 10.6 Å². The van der Waals surface area contributed by atoms with Crippen molar-refractivity contribution >= 4 is 5.69 Å². The Labute approximate surface area is 114 Å². The number of aromatic nitrogens is 2. The molecule has 2 rings (SSSR count). The molecule has 1 aliphatic heterocycles. The van der Waals surface area contributed by atoms with E-state index in [0.29, 0.717) is 6.54 Å². The van der Waals surface area contributed by atoms with Gasteiger partial charge >= 0.3 is 0 Å². The minimum Gasteiger partial charge on any atom is -0.370 e. The van der Waals surface area contributed by atoms with E-state index in [0.717, 1.165) is 44.6 Å². The van der Waals surface area contributed by atoms with Crippen molar-refractivity contribution in [3.05, 3.63) is 22.6 Å². The topological polar surface area (TPSA) is 64.2 Å². The predicted molar refractivity (Wildman–Crippen MR) is 77.5 cm³/mol. The van der Waals surface area contributed by atoms with Crippen LogP contribution in [0.1, 0.15) is 38.5 Å². The van der Waals surface area contributed by atoms with Gasteiger partial charge in [-0.2, -0.15) is 5.10 Å². The van der Waals surface area contributed by atoms with Crippen molar-refractivity contribution in [1.29, 1.82) is 0 Å². The van der Waals surface area contributed by atoms with E-state index in [4.69, 9.17) is 5.73 Å². The van der Waals surface area contributed by atoms with E-state index in [1.54, 1.807) is 10.7 Å². The van der Waals surface area contributed by atoms with Gasteiger partial charge in [-0.1, -0.05) is 6.42 Å². The van der Waals surface area contributed by atoms with Crippen LogP contribution < -0.4 is 16.2 Å². The Morgan fingerprint density at radius 1 is 1.16 bits per heavy atom. The average molecular weight is 264 g/mol. The molecule has 0 unspecified atom stereocenters. The van der Waals surface area contributed by atoms with Crippen molar-refractivity contribution in [2.75, 3.05) is 24.5 Å². The van der Waals surface area contributed by atoms with Crippen molar-refractivity contribution < 1.29 is 0 Å². The molecule has 0 amide bonds. The fraction of sp³-hybridized carbons (Fsp3) is 0.714. The van der Waals surface area contributed by atoms with Gasteiger partial charge in [-0.05, 0) is 38.6 Å². The van der Waals surface area contributed by atoms with E-state index in [9.17, 15) is 4.79 Å². The first-order chi connectivity index (χ1) is 9.31. The maximum absolute atomic E-state index is 12.0. The van der Waals surface area contributed by atoms with Crippen LogP contribution in [0, 0.1) is 0 Å². The molecular weight excluding hydrogens is 240 g/mol. The minimum atomic E-state index is 0.0100. The second kappa shape index (κ2) is 7.28. The highest BCUT2D eigenvalue weighted by molar-refractivity contribution is 5.43. The van der Waals surface area contributed by atoms with Crippen molar-refractivity contribution in [3.63, 3.8) is 0 Å². The Kier molecular flexibility index (Phi) is 5.39. The highest BCUT2D eigenvalue weighted by atomic mass is 16.1. The molecule has 0 atom stereocenters. The Balaban J connectivity index is 1.94. The molecule has 19 heavy (non-hydrogen) atoms. The van der Waals surface area contributed by atoms with Crippen LogP contribution in [-0.4, -0.2) is 29.4 Å². The lowest BCUT2D eigenvalue weighted by molar-refractivity contribution is 0.520. The van der Waals surface area contributed by atoms with E-state index in [-0.39, 0.29) is 5.56 Å². The molecule has 0 saturated carbocycles. The summed E-state index contributed by atoms with van der Waals surface area (Å²) >= 11 is 0. The van der Waals surface area contributed by atoms with Gasteiger partial charge in [0.1, 0.15) is 0 Å². The number of hydrogen-bond donors (Lipinski definition) is 1. The van der Waals surface area contributed by atoms with Crippen LogP contribution in [0.3, 0.4) is 0 Å². The normalized spacial score (nSPS) is 15.7. The van der Waals surface area contributed by atoms with Crippen LogP contribution in [0.2, 0.25) is 0 Å². The third-order valence-corrected chi connectivity index (χ3v) is 3.65. The van der Waals surface area contributed by atoms with E-state index >= 15 is 0 Å². The number of nitrogens with two attached hydrogens (primary N) is 1. The third-order valence-electron chi connectivity index (χ3n) is 3.65. The quantitative estimate of drug-likeness (QED) is 0.788. The van der Waals surface area contributed by atoms with Crippen LogP contribution in [0.15, 0.2) is 17.1 Å². The van der Waals surface area contributed by atoms with Crippen molar-refractivity contribution in [3.8, 4) is 0 Å². The van der Waals surface area contributed by atoms with Crippen LogP contribution in [-0.2, 0) is 6.54 Å². The lowest BCUT2D eigenvalue weighted by Crippen LogP contribution is -2.32. The van der Waals surface area contributed by atoms with Crippen molar-refractivity contribution in [2.24, 2.45) is 5.73 Å². The summed E-state index contributed by atoms with van der Waals surface area (Å²) in [6, 6.07) is 1.72.